The zero-order valence-corrected chi connectivity index (χ0v) is 13.5. The molecule has 3 aromatic rings. The molecule has 3 atom stereocenters. The van der Waals surface area contributed by atoms with E-state index in [2.05, 4.69) is 19.5 Å². The number of H-pyrrole nitrogens is 1. The molecule has 12 nitrogen and oxygen atoms in total. The van der Waals surface area contributed by atoms with E-state index in [9.17, 15) is 14.5 Å². The molecule has 3 aromatic heterocycles. The lowest BCUT2D eigenvalue weighted by atomic mass is 10.2. The predicted molar refractivity (Wildman–Crippen MR) is 81.6 cm³/mol. The number of aliphatic hydroxyl groups excluding tert-OH is 1. The van der Waals surface area contributed by atoms with Crippen LogP contribution in [0.25, 0.3) is 16.9 Å². The van der Waals surface area contributed by atoms with Gasteiger partial charge in [-0.3, -0.25) is 23.3 Å². The maximum Gasteiger partial charge on any atom is 0.469 e. The largest absolute Gasteiger partial charge is 0.469 e. The molecule has 0 radical (unpaired) electrons. The van der Waals surface area contributed by atoms with Crippen molar-refractivity contribution in [2.45, 2.75) is 24.9 Å². The SMILES string of the molecule is O=c1[nH]c2nccn2c2c1ncn2[C@H]1C[C@H](O)[C@@H](COP(=O)(O)O)O1. The van der Waals surface area contributed by atoms with Crippen LogP contribution in [0.4, 0.5) is 0 Å². The quantitative estimate of drug-likeness (QED) is 0.427. The van der Waals surface area contributed by atoms with E-state index >= 15 is 0 Å². The summed E-state index contributed by atoms with van der Waals surface area (Å²) in [6.45, 7) is -0.463. The lowest BCUT2D eigenvalue weighted by Crippen LogP contribution is -2.25. The molecular weight excluding hydrogens is 357 g/mol. The Kier molecular flexibility index (Phi) is 3.76. The smallest absolute Gasteiger partial charge is 0.390 e. The average Bonchev–Trinajstić information content (AvgIpc) is 3.21. The molecule has 1 aliphatic rings. The van der Waals surface area contributed by atoms with E-state index in [4.69, 9.17) is 14.5 Å². The summed E-state index contributed by atoms with van der Waals surface area (Å²) in [5, 5.41) is 10.1. The van der Waals surface area contributed by atoms with Gasteiger partial charge in [-0.15, -0.1) is 0 Å². The number of imidazole rings is 2. The summed E-state index contributed by atoms with van der Waals surface area (Å²) >= 11 is 0. The molecule has 0 spiro atoms. The van der Waals surface area contributed by atoms with Crippen LogP contribution < -0.4 is 5.56 Å². The number of rotatable bonds is 4. The summed E-state index contributed by atoms with van der Waals surface area (Å²) in [5.74, 6) is 0.333. The van der Waals surface area contributed by atoms with Gasteiger partial charge in [0.15, 0.2) is 11.2 Å². The molecule has 13 heteroatoms. The van der Waals surface area contributed by atoms with Gasteiger partial charge in [0.2, 0.25) is 5.78 Å². The molecule has 1 fully saturated rings. The lowest BCUT2D eigenvalue weighted by Gasteiger charge is -2.16. The third-order valence-electron chi connectivity index (χ3n) is 4.00. The van der Waals surface area contributed by atoms with Gasteiger partial charge in [0.05, 0.1) is 19.0 Å². The highest BCUT2D eigenvalue weighted by Gasteiger charge is 2.37. The number of ether oxygens (including phenoxy) is 1. The van der Waals surface area contributed by atoms with E-state index in [0.29, 0.717) is 11.4 Å². The molecule has 4 N–H and O–H groups in total. The van der Waals surface area contributed by atoms with Gasteiger partial charge in [0.25, 0.3) is 5.56 Å². The second-order valence-corrected chi connectivity index (χ2v) is 6.86. The Hall–Kier alpha value is -2.08. The molecule has 0 unspecified atom stereocenters. The summed E-state index contributed by atoms with van der Waals surface area (Å²) in [5.41, 5.74) is 0.205. The molecule has 0 aromatic carbocycles. The number of aromatic amines is 1. The van der Waals surface area contributed by atoms with Crippen LogP contribution >= 0.6 is 7.82 Å². The molecule has 0 amide bonds. The minimum absolute atomic E-state index is 0.142. The van der Waals surface area contributed by atoms with Crippen LogP contribution in [0.1, 0.15) is 12.6 Å². The second kappa shape index (κ2) is 5.73. The highest BCUT2D eigenvalue weighted by atomic mass is 31.2. The fourth-order valence-electron chi connectivity index (χ4n) is 2.90. The Bertz CT molecular complexity index is 1040. The van der Waals surface area contributed by atoms with Gasteiger partial charge in [-0.25, -0.2) is 14.5 Å². The second-order valence-electron chi connectivity index (χ2n) is 5.62. The highest BCUT2D eigenvalue weighted by molar-refractivity contribution is 7.46. The van der Waals surface area contributed by atoms with Crippen LogP contribution in [-0.2, 0) is 13.8 Å². The number of fused-ring (bicyclic) bond motifs is 3. The minimum atomic E-state index is -4.66. The molecule has 0 bridgehead atoms. The molecule has 0 saturated carbocycles. The summed E-state index contributed by atoms with van der Waals surface area (Å²) in [6, 6.07) is 0. The number of nitrogens with one attached hydrogen (secondary N) is 1. The third-order valence-corrected chi connectivity index (χ3v) is 4.48. The molecule has 25 heavy (non-hydrogen) atoms. The van der Waals surface area contributed by atoms with Crippen LogP contribution in [0.5, 0.6) is 0 Å². The average molecular weight is 371 g/mol. The standard InChI is InChI=1S/C12H14N5O7P/c18-6-3-8(24-7(6)4-23-25(20,21)22)17-5-14-9-10(19)15-12-13-1-2-16(12)11(9)17/h1-2,5-8,18H,3-4H2,(H,13,15,19)(H2,20,21,22)/t6-,7+,8+/m0/s1. The molecule has 134 valence electrons. The number of aliphatic hydroxyl groups is 1. The topological polar surface area (TPSA) is 164 Å². The van der Waals surface area contributed by atoms with Crippen molar-refractivity contribution in [2.24, 2.45) is 0 Å². The van der Waals surface area contributed by atoms with E-state index in [0.717, 1.165) is 0 Å². The van der Waals surface area contributed by atoms with Crippen LogP contribution in [0.3, 0.4) is 0 Å². The van der Waals surface area contributed by atoms with E-state index in [1.54, 1.807) is 15.2 Å². The first kappa shape index (κ1) is 16.4. The maximum atomic E-state index is 12.1. The zero-order valence-electron chi connectivity index (χ0n) is 12.6. The van der Waals surface area contributed by atoms with Gasteiger partial charge < -0.3 is 19.6 Å². The Morgan fingerprint density at radius 1 is 1.44 bits per heavy atom. The van der Waals surface area contributed by atoms with Crippen molar-refractivity contribution in [3.63, 3.8) is 0 Å². The van der Waals surface area contributed by atoms with E-state index < -0.39 is 38.4 Å². The first-order valence-corrected chi connectivity index (χ1v) is 8.82. The summed E-state index contributed by atoms with van der Waals surface area (Å²) in [6.07, 6.45) is 2.11. The normalized spacial score (nSPS) is 24.5. The zero-order chi connectivity index (χ0) is 17.8. The lowest BCUT2D eigenvalue weighted by molar-refractivity contribution is -0.0424. The minimum Gasteiger partial charge on any atom is -0.390 e. The van der Waals surface area contributed by atoms with Gasteiger partial charge in [-0.05, 0) is 0 Å². The number of aromatic nitrogens is 5. The van der Waals surface area contributed by atoms with Crippen LogP contribution in [-0.4, -0.2) is 57.6 Å². The molecule has 1 saturated heterocycles. The van der Waals surface area contributed by atoms with E-state index in [-0.39, 0.29) is 11.9 Å². The Morgan fingerprint density at radius 2 is 2.24 bits per heavy atom. The van der Waals surface area contributed by atoms with Gasteiger partial charge in [-0.1, -0.05) is 0 Å². The van der Waals surface area contributed by atoms with E-state index in [1.807, 2.05) is 0 Å². The Morgan fingerprint density at radius 3 is 3.00 bits per heavy atom. The van der Waals surface area contributed by atoms with Crippen molar-refractivity contribution in [2.75, 3.05) is 6.61 Å². The van der Waals surface area contributed by atoms with Crippen molar-refractivity contribution in [1.29, 1.82) is 0 Å². The number of nitrogens with zero attached hydrogens (tertiary/aromatic N) is 4. The van der Waals surface area contributed by atoms with Crippen molar-refractivity contribution in [3.8, 4) is 0 Å². The van der Waals surface area contributed by atoms with Gasteiger partial charge in [0.1, 0.15) is 12.3 Å². The molecule has 1 aliphatic heterocycles. The summed E-state index contributed by atoms with van der Waals surface area (Å²) < 4.78 is 24.0. The van der Waals surface area contributed by atoms with E-state index in [1.165, 1.54) is 12.5 Å². The van der Waals surface area contributed by atoms with Crippen molar-refractivity contribution < 1.29 is 28.7 Å². The van der Waals surface area contributed by atoms with Crippen molar-refractivity contribution >= 4 is 24.8 Å². The molecular formula is C12H14N5O7P. The summed E-state index contributed by atoms with van der Waals surface area (Å²) in [4.78, 5) is 40.3. The van der Waals surface area contributed by atoms with Crippen molar-refractivity contribution in [1.82, 2.24) is 23.9 Å². The fraction of sp³-hybridized carbons (Fsp3) is 0.417. The number of hydrogen-bond donors (Lipinski definition) is 4. The first-order chi connectivity index (χ1) is 11.8. The Labute approximate surface area is 138 Å². The monoisotopic (exact) mass is 371 g/mol. The number of phosphoric ester groups is 1. The van der Waals surface area contributed by atoms with Crippen LogP contribution in [0, 0.1) is 0 Å². The van der Waals surface area contributed by atoms with Crippen LogP contribution in [0.15, 0.2) is 23.5 Å². The highest BCUT2D eigenvalue weighted by Crippen LogP contribution is 2.38. The predicted octanol–water partition coefficient (Wildman–Crippen LogP) is -0.870. The maximum absolute atomic E-state index is 12.1. The fourth-order valence-corrected chi connectivity index (χ4v) is 3.24. The third kappa shape index (κ3) is 2.88. The van der Waals surface area contributed by atoms with Crippen molar-refractivity contribution in [3.05, 3.63) is 29.1 Å². The van der Waals surface area contributed by atoms with Gasteiger partial charge in [-0.2, -0.15) is 0 Å². The molecule has 0 aliphatic carbocycles. The molecule has 4 rings (SSSR count). The van der Waals surface area contributed by atoms with Crippen LogP contribution in [0.2, 0.25) is 0 Å². The molecule has 4 heterocycles. The van der Waals surface area contributed by atoms with Gasteiger partial charge in [0, 0.05) is 18.8 Å². The number of hydrogen-bond acceptors (Lipinski definition) is 7. The Balaban J connectivity index is 1.69. The summed E-state index contributed by atoms with van der Waals surface area (Å²) in [7, 11) is -4.66. The number of phosphoric acid groups is 1. The van der Waals surface area contributed by atoms with Gasteiger partial charge >= 0.3 is 7.82 Å². The first-order valence-electron chi connectivity index (χ1n) is 7.29.